The standard InChI is InChI=1S/C18H16Cl2N4O4S2/c1-2-27-18(26)10-7-12(28-22-10)11-8-29-16(21-11)9-3-5-24(6-4-9)17(25)14-13(19)15(20)30-23-14/h7-9H,2-6H2,1H3. The van der Waals surface area contributed by atoms with Crippen LogP contribution in [0.25, 0.3) is 11.5 Å². The molecule has 0 radical (unpaired) electrons. The van der Waals surface area contributed by atoms with Crippen molar-refractivity contribution in [2.24, 2.45) is 0 Å². The van der Waals surface area contributed by atoms with E-state index in [4.69, 9.17) is 32.5 Å². The van der Waals surface area contributed by atoms with E-state index >= 15 is 0 Å². The number of esters is 1. The molecule has 4 rings (SSSR count). The quantitative estimate of drug-likeness (QED) is 0.479. The van der Waals surface area contributed by atoms with Crippen LogP contribution in [0.3, 0.4) is 0 Å². The Labute approximate surface area is 189 Å². The highest BCUT2D eigenvalue weighted by Crippen LogP contribution is 2.35. The summed E-state index contributed by atoms with van der Waals surface area (Å²) in [6.07, 6.45) is 1.55. The van der Waals surface area contributed by atoms with E-state index in [1.54, 1.807) is 11.8 Å². The number of rotatable bonds is 5. The third kappa shape index (κ3) is 4.22. The molecule has 0 atom stereocenters. The fourth-order valence-corrected chi connectivity index (χ4v) is 5.12. The fourth-order valence-electron chi connectivity index (χ4n) is 3.16. The van der Waals surface area contributed by atoms with Crippen LogP contribution in [0.4, 0.5) is 0 Å². The van der Waals surface area contributed by atoms with Crippen LogP contribution in [0, 0.1) is 0 Å². The van der Waals surface area contributed by atoms with Gasteiger partial charge in [0.1, 0.15) is 15.1 Å². The molecular weight excluding hydrogens is 471 g/mol. The van der Waals surface area contributed by atoms with Crippen molar-refractivity contribution in [1.82, 2.24) is 19.4 Å². The minimum Gasteiger partial charge on any atom is -0.461 e. The summed E-state index contributed by atoms with van der Waals surface area (Å²) < 4.78 is 14.5. The van der Waals surface area contributed by atoms with Crippen LogP contribution in [-0.2, 0) is 4.74 Å². The van der Waals surface area contributed by atoms with Crippen molar-refractivity contribution in [3.8, 4) is 11.5 Å². The summed E-state index contributed by atoms with van der Waals surface area (Å²) in [6.45, 7) is 3.16. The highest BCUT2D eigenvalue weighted by molar-refractivity contribution is 7.11. The number of amides is 1. The number of nitrogens with zero attached hydrogens (tertiary/aromatic N) is 4. The number of likely N-dealkylation sites (tertiary alicyclic amines) is 1. The van der Waals surface area contributed by atoms with Crippen molar-refractivity contribution < 1.29 is 18.8 Å². The van der Waals surface area contributed by atoms with Crippen molar-refractivity contribution in [2.75, 3.05) is 19.7 Å². The molecule has 1 aliphatic rings. The van der Waals surface area contributed by atoms with E-state index in [0.29, 0.717) is 28.9 Å². The second-order valence-corrected chi connectivity index (χ2v) is 9.20. The lowest BCUT2D eigenvalue weighted by molar-refractivity contribution is 0.0514. The SMILES string of the molecule is CCOC(=O)c1cc(-c2csc(C3CCN(C(=O)c4nsc(Cl)c4Cl)CC3)n2)on1. The number of carbonyl (C=O) groups excluding carboxylic acids is 2. The first-order valence-corrected chi connectivity index (χ1v) is 11.6. The highest BCUT2D eigenvalue weighted by Gasteiger charge is 2.29. The first kappa shape index (κ1) is 21.2. The summed E-state index contributed by atoms with van der Waals surface area (Å²) in [7, 11) is 0. The molecule has 3 aromatic rings. The van der Waals surface area contributed by atoms with Gasteiger partial charge in [0, 0.05) is 30.5 Å². The van der Waals surface area contributed by atoms with Crippen molar-refractivity contribution in [2.45, 2.75) is 25.7 Å². The Morgan fingerprint density at radius 1 is 1.33 bits per heavy atom. The van der Waals surface area contributed by atoms with Crippen LogP contribution in [0.2, 0.25) is 9.36 Å². The van der Waals surface area contributed by atoms with Gasteiger partial charge in [0.25, 0.3) is 5.91 Å². The smallest absolute Gasteiger partial charge is 0.360 e. The van der Waals surface area contributed by atoms with E-state index in [1.165, 1.54) is 17.4 Å². The van der Waals surface area contributed by atoms with Crippen LogP contribution in [0.5, 0.6) is 0 Å². The van der Waals surface area contributed by atoms with E-state index in [9.17, 15) is 9.59 Å². The summed E-state index contributed by atoms with van der Waals surface area (Å²) in [6, 6.07) is 1.53. The van der Waals surface area contributed by atoms with Gasteiger partial charge in [0.05, 0.1) is 11.6 Å². The maximum Gasteiger partial charge on any atom is 0.360 e. The molecule has 0 bridgehead atoms. The molecule has 1 saturated heterocycles. The summed E-state index contributed by atoms with van der Waals surface area (Å²) in [5.74, 6) is -0.0750. The van der Waals surface area contributed by atoms with Crippen molar-refractivity contribution >= 4 is 57.9 Å². The van der Waals surface area contributed by atoms with Crippen LogP contribution >= 0.6 is 46.1 Å². The van der Waals surface area contributed by atoms with Gasteiger partial charge in [0.15, 0.2) is 17.1 Å². The normalized spacial score (nSPS) is 14.8. The molecule has 30 heavy (non-hydrogen) atoms. The Bertz CT molecular complexity index is 1070. The average Bonchev–Trinajstić information content (AvgIpc) is 3.49. The Hall–Kier alpha value is -2.01. The minimum atomic E-state index is -0.526. The van der Waals surface area contributed by atoms with Gasteiger partial charge in [-0.05, 0) is 31.3 Å². The topological polar surface area (TPSA) is 98.4 Å². The maximum atomic E-state index is 12.6. The van der Waals surface area contributed by atoms with Gasteiger partial charge in [-0.25, -0.2) is 9.78 Å². The molecule has 0 aliphatic carbocycles. The van der Waals surface area contributed by atoms with E-state index in [1.807, 2.05) is 5.38 Å². The zero-order chi connectivity index (χ0) is 21.3. The average molecular weight is 487 g/mol. The third-order valence-electron chi connectivity index (χ3n) is 4.70. The predicted octanol–water partition coefficient (Wildman–Crippen LogP) is 4.76. The molecule has 0 aromatic carbocycles. The Morgan fingerprint density at radius 2 is 2.10 bits per heavy atom. The van der Waals surface area contributed by atoms with Crippen molar-refractivity contribution in [3.63, 3.8) is 0 Å². The van der Waals surface area contributed by atoms with Gasteiger partial charge in [-0.3, -0.25) is 4.79 Å². The van der Waals surface area contributed by atoms with Crippen LogP contribution in [-0.4, -0.2) is 51.0 Å². The van der Waals surface area contributed by atoms with Crippen LogP contribution in [0.1, 0.15) is 51.7 Å². The molecule has 12 heteroatoms. The fraction of sp³-hybridized carbons (Fsp3) is 0.389. The van der Waals surface area contributed by atoms with Gasteiger partial charge in [-0.2, -0.15) is 4.37 Å². The maximum absolute atomic E-state index is 12.6. The second-order valence-electron chi connectivity index (χ2n) is 6.55. The number of hydrogen-bond donors (Lipinski definition) is 0. The molecule has 1 amide bonds. The van der Waals surface area contributed by atoms with Crippen LogP contribution in [0.15, 0.2) is 16.0 Å². The van der Waals surface area contributed by atoms with Gasteiger partial charge in [-0.15, -0.1) is 11.3 Å². The number of aromatic nitrogens is 3. The molecule has 158 valence electrons. The van der Waals surface area contributed by atoms with E-state index in [-0.39, 0.29) is 34.8 Å². The number of hydrogen-bond acceptors (Lipinski definition) is 9. The van der Waals surface area contributed by atoms with Gasteiger partial charge >= 0.3 is 5.97 Å². The zero-order valence-electron chi connectivity index (χ0n) is 15.8. The number of carbonyl (C=O) groups is 2. The molecule has 3 aromatic heterocycles. The molecule has 8 nitrogen and oxygen atoms in total. The molecule has 0 unspecified atom stereocenters. The Morgan fingerprint density at radius 3 is 2.77 bits per heavy atom. The van der Waals surface area contributed by atoms with Crippen molar-refractivity contribution in [1.29, 1.82) is 0 Å². The predicted molar refractivity (Wildman–Crippen MR) is 114 cm³/mol. The molecule has 1 fully saturated rings. The first-order valence-electron chi connectivity index (χ1n) is 9.17. The number of ether oxygens (including phenoxy) is 1. The van der Waals surface area contributed by atoms with Crippen molar-refractivity contribution in [3.05, 3.63) is 37.2 Å². The number of halogens is 2. The second kappa shape index (κ2) is 9.01. The Kier molecular flexibility index (Phi) is 6.37. The zero-order valence-corrected chi connectivity index (χ0v) is 18.9. The largest absolute Gasteiger partial charge is 0.461 e. The lowest BCUT2D eigenvalue weighted by atomic mass is 9.97. The van der Waals surface area contributed by atoms with Gasteiger partial charge in [-0.1, -0.05) is 28.4 Å². The molecule has 0 N–H and O–H groups in total. The summed E-state index contributed by atoms with van der Waals surface area (Å²) in [5.41, 5.74) is 0.957. The molecule has 1 aliphatic heterocycles. The minimum absolute atomic E-state index is 0.119. The van der Waals surface area contributed by atoms with Gasteiger partial charge < -0.3 is 14.2 Å². The van der Waals surface area contributed by atoms with E-state index in [0.717, 1.165) is 29.4 Å². The lowest BCUT2D eigenvalue weighted by Gasteiger charge is -2.30. The van der Waals surface area contributed by atoms with E-state index < -0.39 is 5.97 Å². The van der Waals surface area contributed by atoms with E-state index in [2.05, 4.69) is 14.5 Å². The summed E-state index contributed by atoms with van der Waals surface area (Å²) in [4.78, 5) is 30.8. The number of thiazole rings is 1. The lowest BCUT2D eigenvalue weighted by Crippen LogP contribution is -2.38. The molecule has 0 saturated carbocycles. The van der Waals surface area contributed by atoms with Crippen LogP contribution < -0.4 is 0 Å². The molecule has 0 spiro atoms. The Balaban J connectivity index is 1.39. The first-order chi connectivity index (χ1) is 14.5. The highest BCUT2D eigenvalue weighted by atomic mass is 35.5. The van der Waals surface area contributed by atoms with Gasteiger partial charge in [0.2, 0.25) is 0 Å². The third-order valence-corrected chi connectivity index (χ3v) is 7.32. The summed E-state index contributed by atoms with van der Waals surface area (Å²) in [5, 5.41) is 6.79. The molecular formula is C18H16Cl2N4O4S2. The molecule has 4 heterocycles. The summed E-state index contributed by atoms with van der Waals surface area (Å²) >= 11 is 14.5. The monoisotopic (exact) mass is 486 g/mol. The number of piperidine rings is 1.